The van der Waals surface area contributed by atoms with Gasteiger partial charge in [-0.3, -0.25) is 4.79 Å². The summed E-state index contributed by atoms with van der Waals surface area (Å²) in [5.74, 6) is 1.70. The van der Waals surface area contributed by atoms with Gasteiger partial charge in [0.15, 0.2) is 0 Å². The highest BCUT2D eigenvalue weighted by Gasteiger charge is 2.25. The molecule has 1 saturated heterocycles. The molecular weight excluding hydrogens is 248 g/mol. The van der Waals surface area contributed by atoms with Gasteiger partial charge in [-0.15, -0.1) is 0 Å². The number of piperidine rings is 1. The van der Waals surface area contributed by atoms with Crippen LogP contribution in [0.4, 0.5) is 5.69 Å². The molecule has 0 radical (unpaired) electrons. The van der Waals surface area contributed by atoms with E-state index in [1.54, 1.807) is 4.90 Å². The lowest BCUT2D eigenvalue weighted by molar-refractivity contribution is -0.911. The van der Waals surface area contributed by atoms with Gasteiger partial charge < -0.3 is 10.2 Å². The normalized spacial score (nSPS) is 26.2. The Morgan fingerprint density at radius 1 is 1.20 bits per heavy atom. The van der Waals surface area contributed by atoms with Gasteiger partial charge in [-0.1, -0.05) is 31.5 Å². The van der Waals surface area contributed by atoms with E-state index < -0.39 is 0 Å². The highest BCUT2D eigenvalue weighted by atomic mass is 16.1. The summed E-state index contributed by atoms with van der Waals surface area (Å²) in [7, 11) is 0. The van der Waals surface area contributed by atoms with Crippen LogP contribution in [0.25, 0.3) is 0 Å². The number of amides is 1. The van der Waals surface area contributed by atoms with Crippen molar-refractivity contribution in [3.8, 4) is 0 Å². The Hall–Kier alpha value is -1.35. The number of anilines is 1. The third-order valence-electron chi connectivity index (χ3n) is 4.12. The molecule has 1 aromatic rings. The van der Waals surface area contributed by atoms with Crippen LogP contribution < -0.4 is 10.2 Å². The summed E-state index contributed by atoms with van der Waals surface area (Å²) in [5.41, 5.74) is 2.11. The first kappa shape index (κ1) is 15.0. The Labute approximate surface area is 122 Å². The largest absolute Gasteiger partial charge is 0.334 e. The Bertz CT molecular complexity index is 431. The van der Waals surface area contributed by atoms with Crippen LogP contribution >= 0.6 is 0 Å². The first-order valence-electron chi connectivity index (χ1n) is 7.73. The van der Waals surface area contributed by atoms with Crippen molar-refractivity contribution >= 4 is 11.6 Å². The van der Waals surface area contributed by atoms with Crippen LogP contribution in [0.1, 0.15) is 32.3 Å². The molecule has 0 aliphatic carbocycles. The minimum Gasteiger partial charge on any atom is -0.334 e. The zero-order valence-electron chi connectivity index (χ0n) is 12.9. The van der Waals surface area contributed by atoms with Crippen molar-refractivity contribution in [2.45, 2.75) is 33.6 Å². The molecule has 1 fully saturated rings. The van der Waals surface area contributed by atoms with Crippen molar-refractivity contribution in [1.82, 2.24) is 0 Å². The lowest BCUT2D eigenvalue weighted by atomic mass is 9.92. The summed E-state index contributed by atoms with van der Waals surface area (Å²) in [6, 6.07) is 7.97. The number of rotatable bonds is 4. The van der Waals surface area contributed by atoms with Gasteiger partial charge in [-0.25, -0.2) is 0 Å². The molecule has 1 aromatic carbocycles. The minimum absolute atomic E-state index is 0.132. The fourth-order valence-electron chi connectivity index (χ4n) is 3.28. The summed E-state index contributed by atoms with van der Waals surface area (Å²) < 4.78 is 0. The highest BCUT2D eigenvalue weighted by Crippen LogP contribution is 2.12. The molecule has 3 nitrogen and oxygen atoms in total. The molecule has 1 amide bonds. The molecular formula is C17H27N2O+. The average Bonchev–Trinajstić information content (AvgIpc) is 2.38. The van der Waals surface area contributed by atoms with Crippen molar-refractivity contribution in [1.29, 1.82) is 0 Å². The molecule has 110 valence electrons. The molecule has 0 spiro atoms. The van der Waals surface area contributed by atoms with Crippen molar-refractivity contribution in [2.75, 3.05) is 25.0 Å². The maximum atomic E-state index is 12.0. The third kappa shape index (κ3) is 4.64. The zero-order valence-corrected chi connectivity index (χ0v) is 12.9. The molecule has 2 rings (SSSR count). The molecule has 2 atom stereocenters. The zero-order chi connectivity index (χ0) is 14.5. The van der Waals surface area contributed by atoms with Crippen molar-refractivity contribution < 1.29 is 9.69 Å². The quantitative estimate of drug-likeness (QED) is 0.864. The van der Waals surface area contributed by atoms with E-state index >= 15 is 0 Å². The lowest BCUT2D eigenvalue weighted by Gasteiger charge is -2.31. The Balaban J connectivity index is 1.76. The maximum Gasteiger partial charge on any atom is 0.230 e. The Morgan fingerprint density at radius 3 is 2.40 bits per heavy atom. The monoisotopic (exact) mass is 275 g/mol. The summed E-state index contributed by atoms with van der Waals surface area (Å²) in [4.78, 5) is 13.6. The van der Waals surface area contributed by atoms with Gasteiger partial charge in [0.1, 0.15) is 0 Å². The van der Waals surface area contributed by atoms with Gasteiger partial charge in [-0.05, 0) is 25.5 Å². The number of nitrogens with one attached hydrogen (secondary N) is 2. The van der Waals surface area contributed by atoms with E-state index in [0.717, 1.165) is 24.1 Å². The molecule has 0 aromatic heterocycles. The first-order chi connectivity index (χ1) is 9.52. The van der Waals surface area contributed by atoms with E-state index in [-0.39, 0.29) is 5.91 Å². The third-order valence-corrected chi connectivity index (χ3v) is 4.12. The number of hydrogen-bond acceptors (Lipinski definition) is 1. The Kier molecular flexibility index (Phi) is 5.18. The van der Waals surface area contributed by atoms with E-state index in [2.05, 4.69) is 19.2 Å². The summed E-state index contributed by atoms with van der Waals surface area (Å²) in [6.07, 6.45) is 1.95. The van der Waals surface area contributed by atoms with Crippen molar-refractivity contribution in [3.05, 3.63) is 29.8 Å². The number of aryl methyl sites for hydroxylation is 1. The second-order valence-electron chi connectivity index (χ2n) is 6.52. The van der Waals surface area contributed by atoms with Gasteiger partial charge in [0.2, 0.25) is 5.91 Å². The van der Waals surface area contributed by atoms with Gasteiger partial charge in [-0.2, -0.15) is 0 Å². The number of hydrogen-bond donors (Lipinski definition) is 2. The fourth-order valence-corrected chi connectivity index (χ4v) is 3.28. The van der Waals surface area contributed by atoms with E-state index in [1.807, 2.05) is 31.2 Å². The maximum absolute atomic E-state index is 12.0. The van der Waals surface area contributed by atoms with Gasteiger partial charge in [0, 0.05) is 17.5 Å². The molecule has 2 N–H and O–H groups in total. The van der Waals surface area contributed by atoms with Gasteiger partial charge >= 0.3 is 0 Å². The van der Waals surface area contributed by atoms with Crippen molar-refractivity contribution in [3.63, 3.8) is 0 Å². The molecule has 3 heteroatoms. The van der Waals surface area contributed by atoms with Crippen LogP contribution in [-0.2, 0) is 4.79 Å². The van der Waals surface area contributed by atoms with Crippen LogP contribution in [-0.4, -0.2) is 25.5 Å². The van der Waals surface area contributed by atoms with Gasteiger partial charge in [0.25, 0.3) is 0 Å². The molecule has 1 heterocycles. The topological polar surface area (TPSA) is 33.5 Å². The summed E-state index contributed by atoms with van der Waals surface area (Å²) in [6.45, 7) is 10.1. The second-order valence-corrected chi connectivity index (χ2v) is 6.52. The fraction of sp³-hybridized carbons (Fsp3) is 0.588. The predicted molar refractivity (Wildman–Crippen MR) is 82.9 cm³/mol. The number of quaternary nitrogens is 1. The number of carbonyl (C=O) groups excluding carboxylic acids is 1. The molecule has 0 unspecified atom stereocenters. The Morgan fingerprint density at radius 2 is 1.80 bits per heavy atom. The summed E-state index contributed by atoms with van der Waals surface area (Å²) >= 11 is 0. The van der Waals surface area contributed by atoms with E-state index in [1.165, 1.54) is 25.1 Å². The molecule has 1 aliphatic heterocycles. The minimum atomic E-state index is 0.132. The standard InChI is InChI=1S/C17H26N2O/c1-13-4-6-16(7-5-13)18-17(20)8-9-19-11-14(2)10-15(3)12-19/h4-7,14-15H,8-12H2,1-3H3,(H,18,20)/p+1/t14-,15-/m0/s1. The highest BCUT2D eigenvalue weighted by molar-refractivity contribution is 5.90. The number of carbonyl (C=O) groups is 1. The van der Waals surface area contributed by atoms with Gasteiger partial charge in [0.05, 0.1) is 26.1 Å². The van der Waals surface area contributed by atoms with Crippen LogP contribution in [0, 0.1) is 18.8 Å². The first-order valence-corrected chi connectivity index (χ1v) is 7.73. The smallest absolute Gasteiger partial charge is 0.230 e. The second kappa shape index (κ2) is 6.89. The molecule has 0 bridgehead atoms. The molecule has 0 saturated carbocycles. The van der Waals surface area contributed by atoms with E-state index in [9.17, 15) is 4.79 Å². The van der Waals surface area contributed by atoms with Crippen molar-refractivity contribution in [2.24, 2.45) is 11.8 Å². The lowest BCUT2D eigenvalue weighted by Crippen LogP contribution is -3.14. The van der Waals surface area contributed by atoms with Crippen LogP contribution in [0.15, 0.2) is 24.3 Å². The van der Waals surface area contributed by atoms with Crippen LogP contribution in [0.5, 0.6) is 0 Å². The van der Waals surface area contributed by atoms with Crippen LogP contribution in [0.2, 0.25) is 0 Å². The average molecular weight is 275 g/mol. The predicted octanol–water partition coefficient (Wildman–Crippen LogP) is 1.88. The molecule has 1 aliphatic rings. The number of benzene rings is 1. The SMILES string of the molecule is Cc1ccc(NC(=O)CC[NH+]2C[C@@H](C)C[C@H](C)C2)cc1. The van der Waals surface area contributed by atoms with E-state index in [0.29, 0.717) is 6.42 Å². The summed E-state index contributed by atoms with van der Waals surface area (Å²) in [5, 5.41) is 2.98. The van der Waals surface area contributed by atoms with Crippen LogP contribution in [0.3, 0.4) is 0 Å². The van der Waals surface area contributed by atoms with E-state index in [4.69, 9.17) is 0 Å². The molecule has 20 heavy (non-hydrogen) atoms. The number of likely N-dealkylation sites (tertiary alicyclic amines) is 1.